The van der Waals surface area contributed by atoms with Crippen molar-refractivity contribution in [3.8, 4) is 44.5 Å². The monoisotopic (exact) mass is 2130 g/mol. The number of hydrogen-bond donors (Lipinski definition) is 2. The van der Waals surface area contributed by atoms with Crippen LogP contribution < -0.4 is 5.56 Å². The van der Waals surface area contributed by atoms with Gasteiger partial charge in [-0.25, -0.2) is 9.97 Å². The quantitative estimate of drug-likeness (QED) is 0.0235. The van der Waals surface area contributed by atoms with Crippen molar-refractivity contribution in [1.29, 1.82) is 0 Å². The summed E-state index contributed by atoms with van der Waals surface area (Å²) in [5.41, 5.74) is 18.0. The molecule has 0 amide bonds. The molecule has 0 radical (unpaired) electrons. The Balaban J connectivity index is 0.000000223. The smallest absolute Gasteiger partial charge is 0.311 e. The van der Waals surface area contributed by atoms with E-state index >= 15 is 0 Å². The number of nitrogens with zero attached hydrogens (tertiary/aromatic N) is 3. The third-order valence-electron chi connectivity index (χ3n) is 24.0. The number of H-pyrrole nitrogens is 1. The maximum atomic E-state index is 12.6. The number of aryl methyl sites for hydroxylation is 5. The van der Waals surface area contributed by atoms with Crippen LogP contribution in [-0.2, 0) is 47.5 Å². The summed E-state index contributed by atoms with van der Waals surface area (Å²) in [7, 11) is 0. The summed E-state index contributed by atoms with van der Waals surface area (Å²) in [5.74, 6) is -0.812. The third kappa shape index (κ3) is 34.6. The number of aromatic amines is 1. The normalized spacial score (nSPS) is 13.0. The minimum Gasteiger partial charge on any atom is -0.462 e. The number of unbranched alkanes of at least 4 members (excludes halogenated alkanes) is 3. The summed E-state index contributed by atoms with van der Waals surface area (Å²) in [6.45, 7) is 69.6. The number of ether oxygens (including phenoxy) is 7. The third-order valence-corrected chi connectivity index (χ3v) is 39.1. The Morgan fingerprint density at radius 3 is 0.909 bits per heavy atom. The molecule has 0 saturated heterocycles. The van der Waals surface area contributed by atoms with Gasteiger partial charge in [0.2, 0.25) is 5.56 Å². The number of rotatable bonds is 31. The number of nitrogens with one attached hydrogen (secondary N) is 1. The van der Waals surface area contributed by atoms with Gasteiger partial charge < -0.3 is 43.2 Å². The molecular formula is C122H156Cl4N4O12Sn. The van der Waals surface area contributed by atoms with Crippen molar-refractivity contribution in [2.24, 2.45) is 16.2 Å². The van der Waals surface area contributed by atoms with Crippen LogP contribution in [0.2, 0.25) is 33.4 Å². The van der Waals surface area contributed by atoms with Gasteiger partial charge in [-0.3, -0.25) is 24.2 Å². The largest absolute Gasteiger partial charge is 0.462 e. The zero-order chi connectivity index (χ0) is 106. The van der Waals surface area contributed by atoms with Crippen molar-refractivity contribution in [2.45, 2.75) is 299 Å². The minimum absolute atomic E-state index is 0.0731. The number of hydrogen-bond acceptors (Lipinski definition) is 15. The second-order valence-corrected chi connectivity index (χ2v) is 59.2. The molecule has 0 fully saturated rings. The maximum Gasteiger partial charge on any atom is 0.311 e. The fourth-order valence-corrected chi connectivity index (χ4v) is 30.7. The van der Waals surface area contributed by atoms with Gasteiger partial charge in [-0.15, -0.1) is 0 Å². The van der Waals surface area contributed by atoms with Crippen molar-refractivity contribution < 1.29 is 52.6 Å². The van der Waals surface area contributed by atoms with Crippen molar-refractivity contribution in [2.75, 3.05) is 26.4 Å². The molecule has 16 nitrogen and oxygen atoms in total. The Morgan fingerprint density at radius 2 is 0.636 bits per heavy atom. The van der Waals surface area contributed by atoms with Gasteiger partial charge in [0, 0.05) is 58.9 Å². The van der Waals surface area contributed by atoms with Gasteiger partial charge in [-0.05, 0) is 378 Å². The molecule has 2 N–H and O–H groups in total. The summed E-state index contributed by atoms with van der Waals surface area (Å²) in [6.07, 6.45) is 10.0. The average Bonchev–Trinajstić information content (AvgIpc) is 0.764. The van der Waals surface area contributed by atoms with Crippen LogP contribution in [0.15, 0.2) is 198 Å². The summed E-state index contributed by atoms with van der Waals surface area (Å²) < 4.78 is 50.1. The molecule has 0 saturated carbocycles. The second kappa shape index (κ2) is 51.8. The van der Waals surface area contributed by atoms with E-state index in [1.165, 1.54) is 44.6 Å². The van der Waals surface area contributed by atoms with E-state index in [0.717, 1.165) is 150 Å². The fourth-order valence-electron chi connectivity index (χ4n) is 17.2. The first kappa shape index (κ1) is 119. The Labute approximate surface area is 876 Å². The van der Waals surface area contributed by atoms with Gasteiger partial charge in [0.25, 0.3) is 0 Å². The molecule has 8 aromatic carbocycles. The molecule has 143 heavy (non-hydrogen) atoms. The van der Waals surface area contributed by atoms with Gasteiger partial charge in [-0.1, -0.05) is 126 Å². The average molecular weight is 2130 g/mol. The topological polar surface area (TPSA) is 208 Å². The summed E-state index contributed by atoms with van der Waals surface area (Å²) in [6, 6.07) is 54.4. The number of carbonyl (C=O) groups excluding carboxylic acids is 3. The molecular weight excluding hydrogens is 1970 g/mol. The molecule has 0 unspecified atom stereocenters. The Morgan fingerprint density at radius 1 is 0.371 bits per heavy atom. The molecule has 0 spiro atoms. The number of benzene rings is 8. The molecule has 4 aromatic heterocycles. The standard InChI is InChI=1S/C29H34ClNO3.C28H34ClNO3.C27H32ClNO4.C24H26ClNO2.3C4H9.C2H3.Sn/c1-9-21-14-15-22-23(31-21)16-18(2)25(26(22)19-10-12-20(30)13-11-19)24(34-29(6,7)8)17-33-27(32)28(3,4)5;1-17-15-22-21(14-9-18(2)30-22)25(19-10-12-20(29)13-11-19)24(17)23(33-28(6,7)8)16-32-26(31)27(3,4)5;1-16-14-20-19(12-13-22(30)29-20)24(17-8-10-18(28)11-9-17)23(16)21(33-27(5,6)7)15-32-25(31)26(2,3)4;1-6-18-11-12-19-20(26-18)13-15(2)22(21(14-27)28-24(3,4)5)23(19)16-7-9-17(25)10-8-16;3*1-3-4-2;1-2;/h9-16,24H,1,17H2,2-8H3;9-15,23H,16H2,1-8H3;8-14,21H,15H2,1-7H3,(H,29,30);6-13,21,27H,1,14H2,2-5H3;3*1,3-4H2,2H3;1H,2H2;/t24-;23-;2*21-;;;;;/m1111...../s1. The molecule has 768 valence electrons. The number of aromatic nitrogens is 4. The molecule has 4 atom stereocenters. The van der Waals surface area contributed by atoms with Crippen LogP contribution in [0.5, 0.6) is 0 Å². The number of halogens is 4. The molecule has 0 bridgehead atoms. The van der Waals surface area contributed by atoms with Gasteiger partial charge in [-0.2, -0.15) is 0 Å². The second-order valence-electron chi connectivity index (χ2n) is 44.3. The van der Waals surface area contributed by atoms with Crippen molar-refractivity contribution in [3.05, 3.63) is 286 Å². The molecule has 0 aliphatic carbocycles. The first-order valence-electron chi connectivity index (χ1n) is 50.0. The summed E-state index contributed by atoms with van der Waals surface area (Å²) in [5, 5.41) is 16.7. The van der Waals surface area contributed by atoms with Gasteiger partial charge in [0.05, 0.1) is 73.2 Å². The molecule has 0 aliphatic heterocycles. The molecule has 4 heterocycles. The Kier molecular flexibility index (Phi) is 43.0. The van der Waals surface area contributed by atoms with E-state index in [4.69, 9.17) is 94.5 Å². The number of esters is 3. The Hall–Kier alpha value is -9.41. The van der Waals surface area contributed by atoms with E-state index in [9.17, 15) is 24.3 Å². The van der Waals surface area contributed by atoms with Crippen LogP contribution in [-0.4, -0.2) is 110 Å². The predicted molar refractivity (Wildman–Crippen MR) is 603 cm³/mol. The van der Waals surface area contributed by atoms with E-state index in [1.807, 2.05) is 307 Å². The van der Waals surface area contributed by atoms with Crippen molar-refractivity contribution in [1.82, 2.24) is 19.9 Å². The number of aliphatic hydroxyl groups is 1. The number of carbonyl (C=O) groups is 3. The zero-order valence-electron chi connectivity index (χ0n) is 90.3. The van der Waals surface area contributed by atoms with E-state index < -0.39 is 81.4 Å². The molecule has 0 aliphatic rings. The van der Waals surface area contributed by atoms with Crippen molar-refractivity contribution in [3.63, 3.8) is 0 Å². The van der Waals surface area contributed by atoms with Crippen LogP contribution in [0, 0.1) is 50.9 Å². The van der Waals surface area contributed by atoms with Crippen LogP contribution in [0.4, 0.5) is 0 Å². The first-order chi connectivity index (χ1) is 66.8. The van der Waals surface area contributed by atoms with E-state index in [-0.39, 0.29) is 49.9 Å². The number of fused-ring (bicyclic) bond motifs is 4. The van der Waals surface area contributed by atoms with E-state index in [0.29, 0.717) is 20.1 Å². The zero-order valence-corrected chi connectivity index (χ0v) is 96.2. The van der Waals surface area contributed by atoms with Crippen LogP contribution in [0.25, 0.3) is 100 Å². The van der Waals surface area contributed by atoms with Gasteiger partial charge in [0.1, 0.15) is 44.2 Å². The fraction of sp³-hybridized carbons (Fsp3) is 0.434. The number of aliphatic hydroxyl groups excluding tert-OH is 1. The summed E-state index contributed by atoms with van der Waals surface area (Å²) >= 11 is 22.8. The molecule has 12 aromatic rings. The van der Waals surface area contributed by atoms with Gasteiger partial charge in [0.15, 0.2) is 0 Å². The van der Waals surface area contributed by atoms with Crippen LogP contribution in [0.3, 0.4) is 0 Å². The number of pyridine rings is 4. The van der Waals surface area contributed by atoms with Gasteiger partial charge >= 0.3 is 120 Å². The van der Waals surface area contributed by atoms with Crippen LogP contribution >= 0.6 is 46.4 Å². The molecule has 12 rings (SSSR count). The first-order valence-corrected chi connectivity index (χ1v) is 59.2. The summed E-state index contributed by atoms with van der Waals surface area (Å²) in [4.78, 5) is 67.0. The van der Waals surface area contributed by atoms with E-state index in [1.54, 1.807) is 25.5 Å². The minimum atomic E-state index is -1.85. The maximum absolute atomic E-state index is 12.6. The SMILES string of the molecule is C=Cc1ccc2c(-c3ccc(Cl)cc3)c([C@@H](CO)OC(C)(C)C)c(C)cc2n1.C=Cc1ccc2c(-c3ccc(Cl)cc3)c([C@@H](COC(=O)C(C)(C)C)OC(C)(C)C)c(C)cc2n1.C=[CH][Sn]([CH2]CCC)([CH2]CCC)[CH2]CCC.Cc1cc2[nH]c(=O)ccc2c(-c2ccc(Cl)cc2)c1[C@@H](COC(=O)C(C)(C)C)OC(C)(C)C.Cc1ccc2c(-c3ccc(Cl)cc3)c([C@@H](COC(=O)C(C)(C)C)OC(C)(C)C)c(C)cc2n1. The predicted octanol–water partition coefficient (Wildman–Crippen LogP) is 34.1. The van der Waals surface area contributed by atoms with Crippen molar-refractivity contribution >= 4 is 138 Å². The molecule has 21 heteroatoms. The van der Waals surface area contributed by atoms with E-state index in [2.05, 4.69) is 86.8 Å². The van der Waals surface area contributed by atoms with Crippen LogP contribution in [0.1, 0.15) is 291 Å². The Bertz CT molecular complexity index is 6400.